The first-order valence-corrected chi connectivity index (χ1v) is 13.6. The summed E-state index contributed by atoms with van der Waals surface area (Å²) in [7, 11) is 1.36. The maximum Gasteiger partial charge on any atom is 0.471 e. The average molecular weight is 541 g/mol. The molecule has 3 aliphatic rings. The molecule has 2 saturated carbocycles. The predicted octanol–water partition coefficient (Wildman–Crippen LogP) is 6.02. The Morgan fingerprint density at radius 2 is 1.82 bits per heavy atom. The molecule has 1 saturated heterocycles. The van der Waals surface area contributed by atoms with E-state index in [0.717, 1.165) is 48.3 Å². The Morgan fingerprint density at radius 1 is 1.13 bits per heavy atom. The van der Waals surface area contributed by atoms with Crippen LogP contribution in [0.3, 0.4) is 0 Å². The van der Waals surface area contributed by atoms with Crippen LogP contribution in [-0.4, -0.2) is 60.1 Å². The summed E-state index contributed by atoms with van der Waals surface area (Å²) in [6.45, 7) is 6.22. The van der Waals surface area contributed by atoms with Gasteiger partial charge in [0.05, 0.1) is 12.7 Å². The third kappa shape index (κ3) is 5.62. The van der Waals surface area contributed by atoms with Crippen LogP contribution in [0.4, 0.5) is 13.2 Å². The highest BCUT2D eigenvalue weighted by molar-refractivity contribution is 5.91. The lowest BCUT2D eigenvalue weighted by atomic mass is 9.60. The highest BCUT2D eigenvalue weighted by Crippen LogP contribution is 2.55. The molecule has 2 aliphatic carbocycles. The van der Waals surface area contributed by atoms with Crippen molar-refractivity contribution in [3.8, 4) is 0 Å². The van der Waals surface area contributed by atoms with Crippen LogP contribution in [0.5, 0.6) is 0 Å². The number of amides is 1. The van der Waals surface area contributed by atoms with Gasteiger partial charge in [-0.05, 0) is 60.8 Å². The summed E-state index contributed by atoms with van der Waals surface area (Å²) < 4.78 is 45.8. The highest BCUT2D eigenvalue weighted by Gasteiger charge is 2.61. The van der Waals surface area contributed by atoms with E-state index >= 15 is 0 Å². The van der Waals surface area contributed by atoms with E-state index in [4.69, 9.17) is 4.74 Å². The summed E-state index contributed by atoms with van der Waals surface area (Å²) in [4.78, 5) is 27.9. The van der Waals surface area contributed by atoms with Crippen molar-refractivity contribution in [3.05, 3.63) is 76.4 Å². The van der Waals surface area contributed by atoms with Gasteiger partial charge in [0.15, 0.2) is 0 Å². The van der Waals surface area contributed by atoms with Gasteiger partial charge in [-0.25, -0.2) is 4.79 Å². The van der Waals surface area contributed by atoms with Crippen molar-refractivity contribution < 1.29 is 27.5 Å². The Morgan fingerprint density at radius 3 is 2.41 bits per heavy atom. The quantitative estimate of drug-likeness (QED) is 0.385. The van der Waals surface area contributed by atoms with Crippen LogP contribution < -0.4 is 0 Å². The van der Waals surface area contributed by atoms with E-state index in [9.17, 15) is 22.8 Å². The van der Waals surface area contributed by atoms with Gasteiger partial charge in [-0.15, -0.1) is 0 Å². The number of likely N-dealkylation sites (tertiary alicyclic amines) is 1. The predicted molar refractivity (Wildman–Crippen MR) is 143 cm³/mol. The maximum absolute atomic E-state index is 13.6. The molecule has 0 unspecified atom stereocenters. The minimum Gasteiger partial charge on any atom is -0.465 e. The first-order chi connectivity index (χ1) is 18.5. The Balaban J connectivity index is 1.21. The number of hydrogen-bond donors (Lipinski definition) is 0. The third-order valence-corrected chi connectivity index (χ3v) is 8.58. The van der Waals surface area contributed by atoms with Crippen LogP contribution in [0, 0.1) is 18.3 Å². The second kappa shape index (κ2) is 10.5. The molecular weight excluding hydrogens is 505 g/mol. The van der Waals surface area contributed by atoms with Crippen molar-refractivity contribution in [2.45, 2.75) is 64.3 Å². The van der Waals surface area contributed by atoms with Gasteiger partial charge in [0.1, 0.15) is 0 Å². The molecule has 1 aliphatic heterocycles. The molecule has 0 radical (unpaired) electrons. The number of methoxy groups -OCH3 is 1. The molecule has 5 rings (SSSR count). The molecule has 2 aromatic carbocycles. The molecule has 0 aromatic heterocycles. The number of nitrogens with zero attached hydrogens (tertiary/aromatic N) is 2. The van der Waals surface area contributed by atoms with E-state index in [-0.39, 0.29) is 29.4 Å². The second-order valence-electron chi connectivity index (χ2n) is 11.5. The molecule has 1 amide bonds. The fourth-order valence-corrected chi connectivity index (χ4v) is 6.69. The van der Waals surface area contributed by atoms with Crippen molar-refractivity contribution in [2.75, 3.05) is 20.2 Å². The largest absolute Gasteiger partial charge is 0.471 e. The van der Waals surface area contributed by atoms with E-state index in [0.29, 0.717) is 24.8 Å². The number of carbonyl (C=O) groups is 2. The summed E-state index contributed by atoms with van der Waals surface area (Å²) in [6, 6.07) is 14.7. The first-order valence-electron chi connectivity index (χ1n) is 13.6. The number of hydrogen-bond acceptors (Lipinski definition) is 4. The van der Waals surface area contributed by atoms with E-state index in [2.05, 4.69) is 11.0 Å². The first kappa shape index (κ1) is 27.4. The zero-order chi connectivity index (χ0) is 27.9. The summed E-state index contributed by atoms with van der Waals surface area (Å²) >= 11 is 0. The van der Waals surface area contributed by atoms with Crippen molar-refractivity contribution >= 4 is 18.0 Å². The zero-order valence-corrected chi connectivity index (χ0v) is 22.6. The fourth-order valence-electron chi connectivity index (χ4n) is 6.69. The molecule has 0 N–H and O–H groups in total. The van der Waals surface area contributed by atoms with Gasteiger partial charge in [-0.3, -0.25) is 9.69 Å². The number of rotatable bonds is 8. The second-order valence-corrected chi connectivity index (χ2v) is 11.5. The number of aryl methyl sites for hydroxylation is 1. The highest BCUT2D eigenvalue weighted by atomic mass is 19.4. The maximum atomic E-state index is 13.6. The molecule has 39 heavy (non-hydrogen) atoms. The molecular formula is C31H35F3N2O3. The van der Waals surface area contributed by atoms with Crippen LogP contribution in [0.1, 0.15) is 59.7 Å². The van der Waals surface area contributed by atoms with Crippen molar-refractivity contribution in [3.63, 3.8) is 0 Å². The lowest BCUT2D eigenvalue weighted by Gasteiger charge is -2.61. The minimum atomic E-state index is -4.87. The molecule has 208 valence electrons. The monoisotopic (exact) mass is 540 g/mol. The molecule has 5 nitrogen and oxygen atoms in total. The fraction of sp³-hybridized carbons (Fsp3) is 0.484. The third-order valence-electron chi connectivity index (χ3n) is 8.58. The normalized spacial score (nSPS) is 22.7. The van der Waals surface area contributed by atoms with Crippen LogP contribution >= 0.6 is 0 Å². The molecule has 0 bridgehead atoms. The molecule has 8 heteroatoms. The Kier molecular flexibility index (Phi) is 7.35. The molecule has 3 fully saturated rings. The van der Waals surface area contributed by atoms with Crippen LogP contribution in [0.25, 0.3) is 6.08 Å². The molecule has 1 spiro atoms. The lowest BCUT2D eigenvalue weighted by molar-refractivity contribution is -0.197. The zero-order valence-electron chi connectivity index (χ0n) is 22.6. The van der Waals surface area contributed by atoms with Gasteiger partial charge >= 0.3 is 18.1 Å². The van der Waals surface area contributed by atoms with Gasteiger partial charge in [0.25, 0.3) is 0 Å². The van der Waals surface area contributed by atoms with E-state index in [1.165, 1.54) is 12.0 Å². The van der Waals surface area contributed by atoms with Gasteiger partial charge < -0.3 is 9.64 Å². The number of carbonyl (C=O) groups excluding carboxylic acids is 2. The topological polar surface area (TPSA) is 49.9 Å². The van der Waals surface area contributed by atoms with Crippen molar-refractivity contribution in [1.29, 1.82) is 0 Å². The van der Waals surface area contributed by atoms with Crippen molar-refractivity contribution in [2.24, 2.45) is 11.3 Å². The Bertz CT molecular complexity index is 1260. The SMILES string of the molecule is CC/C(=C\c1ccccc1)[C@@H]1C[C@H]1N(C(=O)C(F)(F)F)C1CC2(C1)CN(Cc1ccc(C(=O)OC)c(C)c1)C2. The Labute approximate surface area is 227 Å². The van der Waals surface area contributed by atoms with Gasteiger partial charge in [-0.2, -0.15) is 13.2 Å². The van der Waals surface area contributed by atoms with Gasteiger partial charge in [0.2, 0.25) is 0 Å². The minimum absolute atomic E-state index is 0.0202. The summed E-state index contributed by atoms with van der Waals surface area (Å²) in [5.74, 6) is -2.07. The number of halogens is 3. The van der Waals surface area contributed by atoms with E-state index in [1.807, 2.05) is 56.3 Å². The summed E-state index contributed by atoms with van der Waals surface area (Å²) in [5.41, 5.74) is 4.59. The van der Waals surface area contributed by atoms with Crippen LogP contribution in [0.15, 0.2) is 54.1 Å². The summed E-state index contributed by atoms with van der Waals surface area (Å²) in [6.07, 6.45) is -0.256. The standard InChI is InChI=1S/C31H35F3N2O3/c1-4-23(13-21-8-6-5-7-9-21)26-14-27(26)36(29(38)31(32,33)34)24-15-30(16-24)18-35(19-30)17-22-10-11-25(20(2)12-22)28(37)39-3/h5-13,24,26-27H,4,14-19H2,1-3H3/b23-13+/t26-,27+/m0/s1. The number of esters is 1. The van der Waals surface area contributed by atoms with Crippen LogP contribution in [0.2, 0.25) is 0 Å². The van der Waals surface area contributed by atoms with E-state index < -0.39 is 12.1 Å². The van der Waals surface area contributed by atoms with Crippen molar-refractivity contribution in [1.82, 2.24) is 9.80 Å². The Hall–Kier alpha value is -3.13. The smallest absolute Gasteiger partial charge is 0.465 e. The van der Waals surface area contributed by atoms with Gasteiger partial charge in [-0.1, -0.05) is 61.0 Å². The number of ether oxygens (including phenoxy) is 1. The molecule has 1 heterocycles. The number of alkyl halides is 3. The molecule has 2 aromatic rings. The van der Waals surface area contributed by atoms with Gasteiger partial charge in [0, 0.05) is 37.6 Å². The van der Waals surface area contributed by atoms with Crippen LogP contribution in [-0.2, 0) is 16.1 Å². The summed E-state index contributed by atoms with van der Waals surface area (Å²) in [5, 5.41) is 0. The molecule has 2 atom stereocenters. The lowest BCUT2D eigenvalue weighted by Crippen LogP contribution is -2.67. The average Bonchev–Trinajstić information content (AvgIpc) is 3.64. The van der Waals surface area contributed by atoms with E-state index in [1.54, 1.807) is 6.07 Å². The number of benzene rings is 2.